The summed E-state index contributed by atoms with van der Waals surface area (Å²) in [5.41, 5.74) is 6.41. The van der Waals surface area contributed by atoms with E-state index in [1.165, 1.54) is 6.08 Å². The van der Waals surface area contributed by atoms with E-state index in [0.29, 0.717) is 43.9 Å². The van der Waals surface area contributed by atoms with Gasteiger partial charge in [0.1, 0.15) is 0 Å². The minimum Gasteiger partial charge on any atom is -0.351 e. The molecular formula is C16H20N4O3. The highest BCUT2D eigenvalue weighted by Crippen LogP contribution is 2.13. The summed E-state index contributed by atoms with van der Waals surface area (Å²) in [4.78, 5) is 38.2. The quantitative estimate of drug-likeness (QED) is 0.815. The largest absolute Gasteiger partial charge is 0.351 e. The van der Waals surface area contributed by atoms with Crippen molar-refractivity contribution < 1.29 is 14.4 Å². The molecule has 0 radical (unpaired) electrons. The van der Waals surface area contributed by atoms with Crippen molar-refractivity contribution in [3.05, 3.63) is 42.5 Å². The first kappa shape index (κ1) is 16.5. The van der Waals surface area contributed by atoms with E-state index in [0.717, 1.165) is 0 Å². The van der Waals surface area contributed by atoms with Crippen LogP contribution in [0, 0.1) is 0 Å². The smallest absolute Gasteiger partial charge is 0.314 e. The third-order valence-electron chi connectivity index (χ3n) is 3.68. The second-order valence-corrected chi connectivity index (χ2v) is 5.24. The fourth-order valence-corrected chi connectivity index (χ4v) is 2.41. The van der Waals surface area contributed by atoms with Crippen LogP contribution in [0.15, 0.2) is 36.9 Å². The van der Waals surface area contributed by atoms with Crippen LogP contribution in [0.4, 0.5) is 10.5 Å². The summed E-state index contributed by atoms with van der Waals surface area (Å²) < 4.78 is 0. The number of primary amides is 1. The van der Waals surface area contributed by atoms with Crippen molar-refractivity contribution >= 4 is 23.5 Å². The van der Waals surface area contributed by atoms with E-state index < -0.39 is 6.03 Å². The maximum Gasteiger partial charge on any atom is 0.314 e. The average molecular weight is 316 g/mol. The van der Waals surface area contributed by atoms with Gasteiger partial charge < -0.3 is 20.9 Å². The van der Waals surface area contributed by atoms with Gasteiger partial charge in [-0.15, -0.1) is 0 Å². The van der Waals surface area contributed by atoms with Gasteiger partial charge in [-0.05, 0) is 36.8 Å². The van der Waals surface area contributed by atoms with Crippen LogP contribution in [0.1, 0.15) is 16.8 Å². The molecule has 0 bridgehead atoms. The number of urea groups is 1. The predicted molar refractivity (Wildman–Crippen MR) is 86.9 cm³/mol. The maximum absolute atomic E-state index is 12.5. The summed E-state index contributed by atoms with van der Waals surface area (Å²) in [6, 6.07) is 6.21. The van der Waals surface area contributed by atoms with Crippen molar-refractivity contribution in [3.8, 4) is 0 Å². The van der Waals surface area contributed by atoms with Crippen LogP contribution < -0.4 is 11.1 Å². The number of nitrogens with zero attached hydrogens (tertiary/aromatic N) is 2. The third-order valence-corrected chi connectivity index (χ3v) is 3.68. The molecule has 1 aromatic carbocycles. The van der Waals surface area contributed by atoms with Gasteiger partial charge in [-0.3, -0.25) is 9.59 Å². The first-order valence-corrected chi connectivity index (χ1v) is 7.38. The third kappa shape index (κ3) is 4.32. The van der Waals surface area contributed by atoms with Crippen LogP contribution in [0.2, 0.25) is 0 Å². The van der Waals surface area contributed by atoms with Gasteiger partial charge in [0.25, 0.3) is 5.91 Å². The molecule has 0 aromatic heterocycles. The molecule has 1 aliphatic rings. The Morgan fingerprint density at radius 3 is 2.26 bits per heavy atom. The first-order chi connectivity index (χ1) is 11.0. The van der Waals surface area contributed by atoms with Crippen molar-refractivity contribution in [3.63, 3.8) is 0 Å². The summed E-state index contributed by atoms with van der Waals surface area (Å²) in [7, 11) is 0. The Morgan fingerprint density at radius 1 is 1.04 bits per heavy atom. The van der Waals surface area contributed by atoms with Crippen molar-refractivity contribution in [2.75, 3.05) is 31.5 Å². The van der Waals surface area contributed by atoms with E-state index in [-0.39, 0.29) is 11.8 Å². The van der Waals surface area contributed by atoms with Crippen LogP contribution in [0.5, 0.6) is 0 Å². The summed E-state index contributed by atoms with van der Waals surface area (Å²) in [5, 5.41) is 2.63. The minimum absolute atomic E-state index is 0.0992. The van der Waals surface area contributed by atoms with Crippen LogP contribution in [-0.2, 0) is 4.79 Å². The molecule has 1 aliphatic heterocycles. The van der Waals surface area contributed by atoms with Crippen LogP contribution in [0.25, 0.3) is 0 Å². The van der Waals surface area contributed by atoms with E-state index in [9.17, 15) is 14.4 Å². The standard InChI is InChI=1S/C16H20N4O3/c1-2-14(21)18-13-6-4-12(5-7-13)15(22)19-8-3-9-20(11-10-19)16(17)23/h2,4-7H,1,3,8-11H2,(H2,17,23)(H,18,21). The summed E-state index contributed by atoms with van der Waals surface area (Å²) in [6.45, 7) is 5.42. The van der Waals surface area contributed by atoms with Gasteiger partial charge in [0.15, 0.2) is 0 Å². The average Bonchev–Trinajstić information content (AvgIpc) is 2.81. The number of benzene rings is 1. The fourth-order valence-electron chi connectivity index (χ4n) is 2.41. The zero-order valence-electron chi connectivity index (χ0n) is 12.8. The Balaban J connectivity index is 2.01. The van der Waals surface area contributed by atoms with Crippen LogP contribution in [-0.4, -0.2) is 53.8 Å². The SMILES string of the molecule is C=CC(=O)Nc1ccc(C(=O)N2CCCN(C(N)=O)CC2)cc1. The Hall–Kier alpha value is -2.83. The molecule has 3 N–H and O–H groups in total. The molecule has 1 heterocycles. The van der Waals surface area contributed by atoms with Crippen molar-refractivity contribution in [2.45, 2.75) is 6.42 Å². The lowest BCUT2D eigenvalue weighted by Crippen LogP contribution is -2.39. The monoisotopic (exact) mass is 316 g/mol. The number of carbonyl (C=O) groups excluding carboxylic acids is 3. The van der Waals surface area contributed by atoms with E-state index in [2.05, 4.69) is 11.9 Å². The predicted octanol–water partition coefficient (Wildman–Crippen LogP) is 1.04. The Labute approximate surface area is 134 Å². The molecule has 0 unspecified atom stereocenters. The molecule has 0 spiro atoms. The number of hydrogen-bond acceptors (Lipinski definition) is 3. The zero-order chi connectivity index (χ0) is 16.8. The topological polar surface area (TPSA) is 95.7 Å². The Morgan fingerprint density at radius 2 is 1.65 bits per heavy atom. The highest BCUT2D eigenvalue weighted by atomic mass is 16.2. The van der Waals surface area contributed by atoms with E-state index in [1.807, 2.05) is 0 Å². The van der Waals surface area contributed by atoms with Gasteiger partial charge in [-0.25, -0.2) is 4.79 Å². The van der Waals surface area contributed by atoms with Gasteiger partial charge in [0, 0.05) is 37.4 Å². The van der Waals surface area contributed by atoms with Gasteiger partial charge in [0.2, 0.25) is 5.91 Å². The number of hydrogen-bond donors (Lipinski definition) is 2. The molecule has 7 nitrogen and oxygen atoms in total. The minimum atomic E-state index is -0.457. The number of anilines is 1. The van der Waals surface area contributed by atoms with E-state index >= 15 is 0 Å². The fraction of sp³-hybridized carbons (Fsp3) is 0.312. The van der Waals surface area contributed by atoms with Gasteiger partial charge >= 0.3 is 6.03 Å². The molecule has 1 aromatic rings. The molecule has 0 aliphatic carbocycles. The molecule has 2 rings (SSSR count). The number of nitrogens with two attached hydrogens (primary N) is 1. The normalized spacial score (nSPS) is 14.8. The maximum atomic E-state index is 12.5. The number of carbonyl (C=O) groups is 3. The highest BCUT2D eigenvalue weighted by molar-refractivity contribution is 5.99. The summed E-state index contributed by atoms with van der Waals surface area (Å²) in [5.74, 6) is -0.402. The van der Waals surface area contributed by atoms with E-state index in [1.54, 1.807) is 34.1 Å². The molecule has 0 atom stereocenters. The lowest BCUT2D eigenvalue weighted by Gasteiger charge is -2.21. The van der Waals surface area contributed by atoms with Gasteiger partial charge in [-0.2, -0.15) is 0 Å². The number of rotatable bonds is 3. The molecular weight excluding hydrogens is 296 g/mol. The number of amides is 4. The molecule has 1 fully saturated rings. The van der Waals surface area contributed by atoms with Crippen LogP contribution in [0.3, 0.4) is 0 Å². The highest BCUT2D eigenvalue weighted by Gasteiger charge is 2.21. The summed E-state index contributed by atoms with van der Waals surface area (Å²) >= 11 is 0. The zero-order valence-corrected chi connectivity index (χ0v) is 12.8. The Kier molecular flexibility index (Phi) is 5.35. The van der Waals surface area contributed by atoms with Crippen molar-refractivity contribution in [1.82, 2.24) is 9.80 Å². The second-order valence-electron chi connectivity index (χ2n) is 5.24. The molecule has 0 saturated carbocycles. The number of nitrogens with one attached hydrogen (secondary N) is 1. The van der Waals surface area contributed by atoms with Gasteiger partial charge in [0.05, 0.1) is 0 Å². The molecule has 122 valence electrons. The second kappa shape index (κ2) is 7.44. The van der Waals surface area contributed by atoms with Crippen molar-refractivity contribution in [1.29, 1.82) is 0 Å². The Bertz CT molecular complexity index is 612. The van der Waals surface area contributed by atoms with Crippen LogP contribution >= 0.6 is 0 Å². The first-order valence-electron chi connectivity index (χ1n) is 7.38. The lowest BCUT2D eigenvalue weighted by molar-refractivity contribution is -0.111. The van der Waals surface area contributed by atoms with E-state index in [4.69, 9.17) is 5.73 Å². The van der Waals surface area contributed by atoms with Gasteiger partial charge in [-0.1, -0.05) is 6.58 Å². The molecule has 7 heteroatoms. The summed E-state index contributed by atoms with van der Waals surface area (Å²) in [6.07, 6.45) is 1.88. The molecule has 1 saturated heterocycles. The lowest BCUT2D eigenvalue weighted by atomic mass is 10.1. The molecule has 23 heavy (non-hydrogen) atoms. The van der Waals surface area contributed by atoms with Crippen molar-refractivity contribution in [2.24, 2.45) is 5.73 Å². The molecule has 4 amide bonds.